The van der Waals surface area contributed by atoms with Crippen LogP contribution in [0, 0.1) is 13.8 Å². The van der Waals surface area contributed by atoms with E-state index < -0.39 is 0 Å². The van der Waals surface area contributed by atoms with Crippen LogP contribution >= 0.6 is 23.8 Å². The van der Waals surface area contributed by atoms with E-state index in [0.717, 1.165) is 13.0 Å². The summed E-state index contributed by atoms with van der Waals surface area (Å²) in [7, 11) is 0. The van der Waals surface area contributed by atoms with E-state index in [1.54, 1.807) is 0 Å². The summed E-state index contributed by atoms with van der Waals surface area (Å²) in [6, 6.07) is 17.3. The highest BCUT2D eigenvalue weighted by Gasteiger charge is 1.97. The molecule has 0 aromatic heterocycles. The Bertz CT molecular complexity index is 524. The molecule has 0 aliphatic carbocycles. The summed E-state index contributed by atoms with van der Waals surface area (Å²) in [5, 5.41) is 0. The van der Waals surface area contributed by atoms with Crippen molar-refractivity contribution in [1.29, 1.82) is 0 Å². The van der Waals surface area contributed by atoms with Crippen molar-refractivity contribution >= 4 is 23.8 Å². The molecule has 2 aromatic carbocycles. The number of thioether (sulfide) groups is 1. The van der Waals surface area contributed by atoms with Gasteiger partial charge in [-0.1, -0.05) is 61.1 Å². The zero-order valence-corrected chi connectivity index (χ0v) is 17.1. The predicted molar refractivity (Wildman–Crippen MR) is 113 cm³/mol. The molecule has 0 spiro atoms. The van der Waals surface area contributed by atoms with Gasteiger partial charge in [-0.05, 0) is 56.7 Å². The second-order valence-electron chi connectivity index (χ2n) is 6.50. The van der Waals surface area contributed by atoms with Gasteiger partial charge in [-0.15, -0.1) is 11.8 Å². The average Bonchev–Trinajstić information content (AvgIpc) is 2.63. The zero-order valence-electron chi connectivity index (χ0n) is 15.5. The van der Waals surface area contributed by atoms with E-state index in [1.165, 1.54) is 70.8 Å². The first-order valence-corrected chi connectivity index (χ1v) is 11.0. The molecule has 3 heteroatoms. The summed E-state index contributed by atoms with van der Waals surface area (Å²) >= 11 is 3.48. The monoisotopic (exact) mass is 374 g/mol. The van der Waals surface area contributed by atoms with Crippen molar-refractivity contribution in [2.75, 3.05) is 12.4 Å². The maximum absolute atomic E-state index is 5.68. The molecular formula is C22H30OS2. The molecule has 0 aliphatic rings. The third-order valence-electron chi connectivity index (χ3n) is 4.09. The maximum Gasteiger partial charge on any atom is 0.0618 e. The number of hydrogen-bond acceptors (Lipinski definition) is 3. The van der Waals surface area contributed by atoms with Crippen molar-refractivity contribution in [1.82, 2.24) is 0 Å². The first-order chi connectivity index (χ1) is 12.2. The summed E-state index contributed by atoms with van der Waals surface area (Å²) < 4.78 is 5.68. The molecule has 1 nitrogen and oxygen atoms in total. The highest BCUT2D eigenvalue weighted by Crippen LogP contribution is 2.21. The fourth-order valence-electron chi connectivity index (χ4n) is 2.50. The van der Waals surface area contributed by atoms with Crippen LogP contribution in [0.5, 0.6) is 0 Å². The summed E-state index contributed by atoms with van der Waals surface area (Å²) in [5.74, 6) is 1.24. The van der Waals surface area contributed by atoms with Crippen LogP contribution in [0.1, 0.15) is 49.7 Å². The summed E-state index contributed by atoms with van der Waals surface area (Å²) in [4.78, 5) is 2.59. The van der Waals surface area contributed by atoms with Gasteiger partial charge in [0.15, 0.2) is 0 Å². The third-order valence-corrected chi connectivity index (χ3v) is 5.94. The minimum Gasteiger partial charge on any atom is -0.310 e. The van der Waals surface area contributed by atoms with Crippen molar-refractivity contribution in [3.8, 4) is 0 Å². The third kappa shape index (κ3) is 9.39. The molecule has 0 saturated heterocycles. The van der Waals surface area contributed by atoms with E-state index in [9.17, 15) is 0 Å². The molecule has 0 radical (unpaired) electrons. The van der Waals surface area contributed by atoms with Crippen molar-refractivity contribution in [2.24, 2.45) is 0 Å². The Hall–Kier alpha value is -0.900. The van der Waals surface area contributed by atoms with E-state index in [2.05, 4.69) is 62.4 Å². The van der Waals surface area contributed by atoms with Gasteiger partial charge >= 0.3 is 0 Å². The largest absolute Gasteiger partial charge is 0.310 e. The number of hydrogen-bond donors (Lipinski definition) is 0. The molecule has 0 atom stereocenters. The summed E-state index contributed by atoms with van der Waals surface area (Å²) in [5.41, 5.74) is 2.63. The van der Waals surface area contributed by atoms with Crippen molar-refractivity contribution < 1.29 is 4.18 Å². The molecule has 0 fully saturated rings. The highest BCUT2D eigenvalue weighted by molar-refractivity contribution is 7.99. The van der Waals surface area contributed by atoms with Gasteiger partial charge in [0.1, 0.15) is 0 Å². The van der Waals surface area contributed by atoms with Crippen LogP contribution in [0.3, 0.4) is 0 Å². The molecule has 0 amide bonds. The second kappa shape index (κ2) is 12.5. The van der Waals surface area contributed by atoms with Crippen LogP contribution in [-0.2, 0) is 4.18 Å². The van der Waals surface area contributed by atoms with E-state index >= 15 is 0 Å². The van der Waals surface area contributed by atoms with Crippen molar-refractivity contribution in [3.05, 3.63) is 59.7 Å². The lowest BCUT2D eigenvalue weighted by atomic mass is 10.1. The molecule has 0 unspecified atom stereocenters. The van der Waals surface area contributed by atoms with Crippen LogP contribution in [0.25, 0.3) is 0 Å². The maximum atomic E-state index is 5.68. The van der Waals surface area contributed by atoms with Gasteiger partial charge in [-0.25, -0.2) is 0 Å². The number of rotatable bonds is 12. The van der Waals surface area contributed by atoms with Gasteiger partial charge in [-0.3, -0.25) is 0 Å². The predicted octanol–water partition coefficient (Wildman–Crippen LogP) is 7.46. The molecule has 0 saturated carbocycles. The molecule has 0 N–H and O–H groups in total. The molecule has 136 valence electrons. The summed E-state index contributed by atoms with van der Waals surface area (Å²) in [6.07, 6.45) is 7.78. The molecule has 25 heavy (non-hydrogen) atoms. The smallest absolute Gasteiger partial charge is 0.0618 e. The molecule has 0 heterocycles. The van der Waals surface area contributed by atoms with E-state index in [1.807, 2.05) is 11.8 Å². The summed E-state index contributed by atoms with van der Waals surface area (Å²) in [6.45, 7) is 5.10. The normalized spacial score (nSPS) is 11.0. The van der Waals surface area contributed by atoms with Crippen LogP contribution in [0.4, 0.5) is 0 Å². The molecule has 0 aliphatic heterocycles. The Morgan fingerprint density at radius 1 is 0.640 bits per heavy atom. The van der Waals surface area contributed by atoms with Gasteiger partial charge < -0.3 is 4.18 Å². The van der Waals surface area contributed by atoms with E-state index in [-0.39, 0.29) is 0 Å². The average molecular weight is 375 g/mol. The highest BCUT2D eigenvalue weighted by atomic mass is 32.2. The minimum atomic E-state index is 0.849. The molecule has 0 bridgehead atoms. The zero-order chi connectivity index (χ0) is 17.7. The number of unbranched alkanes of at least 4 members (excludes halogenated alkanes) is 5. The van der Waals surface area contributed by atoms with Gasteiger partial charge in [0.25, 0.3) is 0 Å². The lowest BCUT2D eigenvalue weighted by Crippen LogP contribution is -1.88. The van der Waals surface area contributed by atoms with E-state index in [0.29, 0.717) is 0 Å². The SMILES string of the molecule is Cc1ccc(SCCCCCCCCOSc2ccc(C)cc2)cc1. The fourth-order valence-corrected chi connectivity index (χ4v) is 4.00. The Kier molecular flexibility index (Phi) is 10.2. The first kappa shape index (κ1) is 20.4. The van der Waals surface area contributed by atoms with Crippen LogP contribution < -0.4 is 0 Å². The van der Waals surface area contributed by atoms with Gasteiger partial charge in [0, 0.05) is 21.8 Å². The number of aryl methyl sites for hydroxylation is 2. The van der Waals surface area contributed by atoms with Gasteiger partial charge in [0.2, 0.25) is 0 Å². The lowest BCUT2D eigenvalue weighted by molar-refractivity contribution is 0.355. The van der Waals surface area contributed by atoms with Crippen molar-refractivity contribution in [2.45, 2.75) is 62.2 Å². The Balaban J connectivity index is 1.37. The second-order valence-corrected chi connectivity index (χ2v) is 8.54. The first-order valence-electron chi connectivity index (χ1n) is 9.29. The van der Waals surface area contributed by atoms with Gasteiger partial charge in [0.05, 0.1) is 6.61 Å². The Morgan fingerprint density at radius 2 is 1.16 bits per heavy atom. The van der Waals surface area contributed by atoms with Crippen molar-refractivity contribution in [3.63, 3.8) is 0 Å². The topological polar surface area (TPSA) is 9.23 Å². The Morgan fingerprint density at radius 3 is 1.80 bits per heavy atom. The van der Waals surface area contributed by atoms with Gasteiger partial charge in [-0.2, -0.15) is 0 Å². The van der Waals surface area contributed by atoms with Crippen LogP contribution in [-0.4, -0.2) is 12.4 Å². The quantitative estimate of drug-likeness (QED) is 0.217. The lowest BCUT2D eigenvalue weighted by Gasteiger charge is -2.04. The van der Waals surface area contributed by atoms with Crippen LogP contribution in [0.2, 0.25) is 0 Å². The number of benzene rings is 2. The Labute approximate surface area is 162 Å². The molecular weight excluding hydrogens is 344 g/mol. The van der Waals surface area contributed by atoms with Crippen LogP contribution in [0.15, 0.2) is 58.3 Å². The molecule has 2 rings (SSSR count). The van der Waals surface area contributed by atoms with E-state index in [4.69, 9.17) is 4.18 Å². The fraction of sp³-hybridized carbons (Fsp3) is 0.455. The standard InChI is InChI=1S/C22H30OS2/c1-19-9-13-21(14-10-19)24-18-8-6-4-3-5-7-17-23-25-22-15-11-20(2)12-16-22/h9-16H,3-8,17-18H2,1-2H3. The minimum absolute atomic E-state index is 0.849. The molecule has 2 aromatic rings.